The minimum absolute atomic E-state index is 0.0874. The lowest BCUT2D eigenvalue weighted by Gasteiger charge is -2.02. The Morgan fingerprint density at radius 2 is 2.06 bits per heavy atom. The average molecular weight is 242 g/mol. The van der Waals surface area contributed by atoms with Gasteiger partial charge in [0.25, 0.3) is 0 Å². The topological polar surface area (TPSA) is 74.0 Å². The van der Waals surface area contributed by atoms with E-state index in [-0.39, 0.29) is 11.3 Å². The third-order valence-electron chi connectivity index (χ3n) is 2.34. The van der Waals surface area contributed by atoms with Crippen molar-refractivity contribution in [2.45, 2.75) is 0 Å². The Kier molecular flexibility index (Phi) is 3.02. The number of hydrogen-bond acceptors (Lipinski definition) is 3. The van der Waals surface area contributed by atoms with Gasteiger partial charge < -0.3 is 5.11 Å². The summed E-state index contributed by atoms with van der Waals surface area (Å²) in [5.74, 6) is -1.65. The molecule has 0 spiro atoms. The Hall–Kier alpha value is -2.74. The van der Waals surface area contributed by atoms with Crippen LogP contribution in [-0.4, -0.2) is 16.1 Å². The molecular weight excluding hydrogens is 235 g/mol. The summed E-state index contributed by atoms with van der Waals surface area (Å²) in [4.78, 5) is 14.4. The molecule has 88 valence electrons. The SMILES string of the molecule is N#Cc1cc(F)cc(-c2ccc(C(=O)O)nc2)c1. The third kappa shape index (κ3) is 2.33. The molecule has 0 aliphatic carbocycles. The number of halogens is 1. The first-order valence-electron chi connectivity index (χ1n) is 5.00. The zero-order valence-electron chi connectivity index (χ0n) is 9.09. The van der Waals surface area contributed by atoms with Crippen LogP contribution in [0.2, 0.25) is 0 Å². The summed E-state index contributed by atoms with van der Waals surface area (Å²) in [5, 5.41) is 17.4. The van der Waals surface area contributed by atoms with Crippen molar-refractivity contribution in [3.8, 4) is 17.2 Å². The molecule has 0 bridgehead atoms. The lowest BCUT2D eigenvalue weighted by molar-refractivity contribution is 0.0690. The first-order valence-corrected chi connectivity index (χ1v) is 5.00. The number of hydrogen-bond donors (Lipinski definition) is 1. The zero-order valence-corrected chi connectivity index (χ0v) is 9.09. The van der Waals surface area contributed by atoms with Crippen molar-refractivity contribution in [3.05, 3.63) is 53.6 Å². The van der Waals surface area contributed by atoms with Crippen LogP contribution < -0.4 is 0 Å². The van der Waals surface area contributed by atoms with Crippen LogP contribution in [0.25, 0.3) is 11.1 Å². The maximum Gasteiger partial charge on any atom is 0.354 e. The van der Waals surface area contributed by atoms with Gasteiger partial charge in [-0.1, -0.05) is 6.07 Å². The van der Waals surface area contributed by atoms with Gasteiger partial charge in [0.05, 0.1) is 11.6 Å². The number of benzene rings is 1. The van der Waals surface area contributed by atoms with Crippen molar-refractivity contribution in [1.29, 1.82) is 5.26 Å². The number of carbonyl (C=O) groups is 1. The molecule has 1 N–H and O–H groups in total. The molecule has 0 radical (unpaired) electrons. The van der Waals surface area contributed by atoms with E-state index in [1.165, 1.54) is 30.5 Å². The molecule has 2 rings (SSSR count). The average Bonchev–Trinajstić information content (AvgIpc) is 2.38. The number of carboxylic acid groups (broad SMARTS) is 1. The Labute approximate surface area is 102 Å². The van der Waals surface area contributed by atoms with Gasteiger partial charge in [0.2, 0.25) is 0 Å². The Balaban J connectivity index is 2.46. The Morgan fingerprint density at radius 1 is 1.28 bits per heavy atom. The second kappa shape index (κ2) is 4.63. The van der Waals surface area contributed by atoms with E-state index in [1.807, 2.05) is 6.07 Å². The number of nitrogens with zero attached hydrogens (tertiary/aromatic N) is 2. The molecule has 0 saturated carbocycles. The first-order chi connectivity index (χ1) is 8.60. The molecule has 0 unspecified atom stereocenters. The molecular formula is C13H7FN2O2. The van der Waals surface area contributed by atoms with Crippen LogP contribution in [0.5, 0.6) is 0 Å². The van der Waals surface area contributed by atoms with E-state index < -0.39 is 11.8 Å². The predicted octanol–water partition coefficient (Wildman–Crippen LogP) is 2.46. The van der Waals surface area contributed by atoms with Gasteiger partial charge in [0, 0.05) is 11.8 Å². The largest absolute Gasteiger partial charge is 0.477 e. The summed E-state index contributed by atoms with van der Waals surface area (Å²) < 4.78 is 13.2. The summed E-state index contributed by atoms with van der Waals surface area (Å²) in [6, 6.07) is 8.61. The van der Waals surface area contributed by atoms with Crippen LogP contribution >= 0.6 is 0 Å². The molecule has 0 amide bonds. The van der Waals surface area contributed by atoms with Crippen molar-refractivity contribution in [2.75, 3.05) is 0 Å². The maximum absolute atomic E-state index is 13.2. The highest BCUT2D eigenvalue weighted by Gasteiger charge is 2.06. The van der Waals surface area contributed by atoms with Gasteiger partial charge in [-0.05, 0) is 29.8 Å². The summed E-state index contributed by atoms with van der Waals surface area (Å²) >= 11 is 0. The van der Waals surface area contributed by atoms with E-state index in [4.69, 9.17) is 10.4 Å². The second-order valence-corrected chi connectivity index (χ2v) is 3.58. The molecule has 2 aromatic rings. The molecule has 0 saturated heterocycles. The van der Waals surface area contributed by atoms with Crippen molar-refractivity contribution in [3.63, 3.8) is 0 Å². The standard InChI is InChI=1S/C13H7FN2O2/c14-11-4-8(6-15)3-10(5-11)9-1-2-12(13(17)18)16-7-9/h1-5,7H,(H,17,18). The van der Waals surface area contributed by atoms with E-state index in [0.29, 0.717) is 11.1 Å². The second-order valence-electron chi connectivity index (χ2n) is 3.58. The molecule has 4 nitrogen and oxygen atoms in total. The molecule has 0 atom stereocenters. The van der Waals surface area contributed by atoms with Gasteiger partial charge in [-0.2, -0.15) is 5.26 Å². The summed E-state index contributed by atoms with van der Waals surface area (Å²) in [5.41, 5.74) is 1.15. The van der Waals surface area contributed by atoms with Crippen molar-refractivity contribution in [2.24, 2.45) is 0 Å². The zero-order chi connectivity index (χ0) is 13.1. The maximum atomic E-state index is 13.2. The lowest BCUT2D eigenvalue weighted by Crippen LogP contribution is -1.99. The van der Waals surface area contributed by atoms with E-state index in [1.54, 1.807) is 0 Å². The third-order valence-corrected chi connectivity index (χ3v) is 2.34. The van der Waals surface area contributed by atoms with Crippen LogP contribution in [0.15, 0.2) is 36.5 Å². The number of aromatic nitrogens is 1. The van der Waals surface area contributed by atoms with Crippen LogP contribution in [0.1, 0.15) is 16.1 Å². The van der Waals surface area contributed by atoms with Crippen LogP contribution in [-0.2, 0) is 0 Å². The highest BCUT2D eigenvalue weighted by molar-refractivity contribution is 5.85. The Morgan fingerprint density at radius 3 is 2.61 bits per heavy atom. The molecule has 1 heterocycles. The molecule has 1 aromatic carbocycles. The van der Waals surface area contributed by atoms with Crippen molar-refractivity contribution in [1.82, 2.24) is 4.98 Å². The number of rotatable bonds is 2. The summed E-state index contributed by atoms with van der Waals surface area (Å²) in [7, 11) is 0. The van der Waals surface area contributed by atoms with E-state index >= 15 is 0 Å². The molecule has 18 heavy (non-hydrogen) atoms. The van der Waals surface area contributed by atoms with Crippen LogP contribution in [0.4, 0.5) is 4.39 Å². The summed E-state index contributed by atoms with van der Waals surface area (Å²) in [6.45, 7) is 0. The van der Waals surface area contributed by atoms with Gasteiger partial charge in [0.1, 0.15) is 11.5 Å². The number of nitriles is 1. The van der Waals surface area contributed by atoms with E-state index in [2.05, 4.69) is 4.98 Å². The Bertz CT molecular complexity index is 645. The fourth-order valence-corrected chi connectivity index (χ4v) is 1.51. The fraction of sp³-hybridized carbons (Fsp3) is 0. The highest BCUT2D eigenvalue weighted by Crippen LogP contribution is 2.21. The number of pyridine rings is 1. The minimum Gasteiger partial charge on any atom is -0.477 e. The normalized spacial score (nSPS) is 9.78. The van der Waals surface area contributed by atoms with Gasteiger partial charge in [-0.3, -0.25) is 0 Å². The minimum atomic E-state index is -1.13. The fourth-order valence-electron chi connectivity index (χ4n) is 1.51. The monoisotopic (exact) mass is 242 g/mol. The quantitative estimate of drug-likeness (QED) is 0.877. The highest BCUT2D eigenvalue weighted by atomic mass is 19.1. The molecule has 0 fully saturated rings. The van der Waals surface area contributed by atoms with Gasteiger partial charge in [-0.15, -0.1) is 0 Å². The predicted molar refractivity (Wildman–Crippen MR) is 61.3 cm³/mol. The number of aromatic carboxylic acids is 1. The van der Waals surface area contributed by atoms with Gasteiger partial charge in [-0.25, -0.2) is 14.2 Å². The summed E-state index contributed by atoms with van der Waals surface area (Å²) in [6.07, 6.45) is 1.33. The van der Waals surface area contributed by atoms with Gasteiger partial charge in [0.15, 0.2) is 0 Å². The van der Waals surface area contributed by atoms with Crippen LogP contribution in [0.3, 0.4) is 0 Å². The van der Waals surface area contributed by atoms with Crippen molar-refractivity contribution < 1.29 is 14.3 Å². The smallest absolute Gasteiger partial charge is 0.354 e. The first kappa shape index (κ1) is 11.7. The molecule has 0 aliphatic heterocycles. The van der Waals surface area contributed by atoms with Crippen molar-refractivity contribution >= 4 is 5.97 Å². The lowest BCUT2D eigenvalue weighted by atomic mass is 10.0. The van der Waals surface area contributed by atoms with Crippen LogP contribution in [0, 0.1) is 17.1 Å². The van der Waals surface area contributed by atoms with E-state index in [0.717, 1.165) is 6.07 Å². The molecule has 0 aliphatic rings. The van der Waals surface area contributed by atoms with E-state index in [9.17, 15) is 9.18 Å². The number of carboxylic acids is 1. The molecule has 5 heteroatoms. The molecule has 1 aromatic heterocycles. The van der Waals surface area contributed by atoms with Gasteiger partial charge >= 0.3 is 5.97 Å².